The summed E-state index contributed by atoms with van der Waals surface area (Å²) in [5.41, 5.74) is 5.25. The Labute approximate surface area is 66.7 Å². The summed E-state index contributed by atoms with van der Waals surface area (Å²) in [5.74, 6) is -0.333. The molecule has 0 radical (unpaired) electrons. The van der Waals surface area contributed by atoms with Crippen LogP contribution in [0.2, 0.25) is 0 Å². The molecule has 0 aromatic carbocycles. The molecule has 4 heteroatoms. The number of rotatable bonds is 5. The van der Waals surface area contributed by atoms with Crippen molar-refractivity contribution in [2.45, 2.75) is 19.4 Å². The van der Waals surface area contributed by atoms with Gasteiger partial charge >= 0.3 is 5.97 Å². The van der Waals surface area contributed by atoms with Gasteiger partial charge in [0.1, 0.15) is 0 Å². The van der Waals surface area contributed by atoms with Crippen molar-refractivity contribution in [1.29, 1.82) is 0 Å². The van der Waals surface area contributed by atoms with Gasteiger partial charge in [-0.25, -0.2) is 4.79 Å². The van der Waals surface area contributed by atoms with Crippen molar-refractivity contribution in [3.63, 3.8) is 0 Å². The van der Waals surface area contributed by atoms with Crippen LogP contribution in [0.1, 0.15) is 13.3 Å². The summed E-state index contributed by atoms with van der Waals surface area (Å²) < 4.78 is 9.58. The summed E-state index contributed by atoms with van der Waals surface area (Å²) in [6.07, 6.45) is 0.00921. The van der Waals surface area contributed by atoms with Gasteiger partial charge in [0.2, 0.25) is 0 Å². The Balaban J connectivity index is 3.71. The molecule has 11 heavy (non-hydrogen) atoms. The van der Waals surface area contributed by atoms with Crippen molar-refractivity contribution in [1.82, 2.24) is 0 Å². The molecule has 4 nitrogen and oxygen atoms in total. The second-order valence-corrected chi connectivity index (χ2v) is 2.05. The highest BCUT2D eigenvalue weighted by molar-refractivity contribution is 5.74. The van der Waals surface area contributed by atoms with E-state index in [9.17, 15) is 4.79 Å². The molecule has 0 aliphatic carbocycles. The van der Waals surface area contributed by atoms with E-state index in [1.807, 2.05) is 0 Å². The van der Waals surface area contributed by atoms with E-state index in [0.717, 1.165) is 0 Å². The molecule has 0 heterocycles. The van der Waals surface area contributed by atoms with Crippen LogP contribution in [-0.2, 0) is 14.3 Å². The fraction of sp³-hybridized carbons (Fsp3) is 0.857. The minimum atomic E-state index is -0.500. The van der Waals surface area contributed by atoms with Crippen LogP contribution < -0.4 is 5.73 Å². The van der Waals surface area contributed by atoms with Crippen molar-refractivity contribution in [2.75, 3.05) is 20.3 Å². The highest BCUT2D eigenvalue weighted by atomic mass is 16.6. The first-order valence-corrected chi connectivity index (χ1v) is 3.65. The molecule has 0 aromatic rings. The van der Waals surface area contributed by atoms with Crippen LogP contribution in [-0.4, -0.2) is 32.3 Å². The molecule has 0 unspecified atom stereocenters. The predicted molar refractivity (Wildman–Crippen MR) is 41.1 cm³/mol. The smallest absolute Gasteiger partial charge is 0.335 e. The first kappa shape index (κ1) is 10.4. The summed E-state index contributed by atoms with van der Waals surface area (Å²) >= 11 is 0. The average Bonchev–Trinajstić information content (AvgIpc) is 2.00. The van der Waals surface area contributed by atoms with Gasteiger partial charge in [-0.05, 0) is 19.9 Å². The molecule has 0 saturated carbocycles. The number of hydrogen-bond acceptors (Lipinski definition) is 4. The van der Waals surface area contributed by atoms with Gasteiger partial charge in [0, 0.05) is 7.11 Å². The Bertz CT molecular complexity index is 116. The van der Waals surface area contributed by atoms with Gasteiger partial charge in [0.05, 0.1) is 6.61 Å². The molecule has 0 bridgehead atoms. The molecule has 2 N–H and O–H groups in total. The number of esters is 1. The summed E-state index contributed by atoms with van der Waals surface area (Å²) in [5, 5.41) is 0. The van der Waals surface area contributed by atoms with Crippen molar-refractivity contribution in [3.8, 4) is 0 Å². The molecular weight excluding hydrogens is 146 g/mol. The SMILES string of the molecule is CCOC(=O)[C@H](CCN)OC. The first-order chi connectivity index (χ1) is 5.26. The van der Waals surface area contributed by atoms with Gasteiger partial charge in [-0.1, -0.05) is 0 Å². The zero-order valence-corrected chi connectivity index (χ0v) is 7.00. The average molecular weight is 161 g/mol. The Hall–Kier alpha value is -0.610. The number of methoxy groups -OCH3 is 1. The number of nitrogens with two attached hydrogens (primary N) is 1. The number of carbonyl (C=O) groups excluding carboxylic acids is 1. The Morgan fingerprint density at radius 3 is 2.64 bits per heavy atom. The fourth-order valence-corrected chi connectivity index (χ4v) is 0.719. The van der Waals surface area contributed by atoms with E-state index in [-0.39, 0.29) is 5.97 Å². The molecule has 1 atom stereocenters. The third-order valence-electron chi connectivity index (χ3n) is 1.26. The second-order valence-electron chi connectivity index (χ2n) is 2.05. The number of ether oxygens (including phenoxy) is 2. The van der Waals surface area contributed by atoms with Crippen LogP contribution in [0.15, 0.2) is 0 Å². The highest BCUT2D eigenvalue weighted by Gasteiger charge is 2.17. The van der Waals surface area contributed by atoms with Crippen LogP contribution in [0.4, 0.5) is 0 Å². The lowest BCUT2D eigenvalue weighted by atomic mass is 10.2. The van der Waals surface area contributed by atoms with Crippen LogP contribution in [0.3, 0.4) is 0 Å². The maximum atomic E-state index is 11.0. The van der Waals surface area contributed by atoms with Gasteiger partial charge in [-0.3, -0.25) is 0 Å². The van der Waals surface area contributed by atoms with E-state index in [0.29, 0.717) is 19.6 Å². The van der Waals surface area contributed by atoms with Gasteiger partial charge in [0.25, 0.3) is 0 Å². The third kappa shape index (κ3) is 3.95. The summed E-state index contributed by atoms with van der Waals surface area (Å²) in [6.45, 7) is 2.56. The second kappa shape index (κ2) is 6.12. The van der Waals surface area contributed by atoms with E-state index in [1.165, 1.54) is 7.11 Å². The topological polar surface area (TPSA) is 61.5 Å². The minimum absolute atomic E-state index is 0.333. The molecule has 0 spiro atoms. The zero-order chi connectivity index (χ0) is 8.69. The molecule has 0 fully saturated rings. The van der Waals surface area contributed by atoms with Crippen LogP contribution in [0, 0.1) is 0 Å². The van der Waals surface area contributed by atoms with Crippen LogP contribution in [0.5, 0.6) is 0 Å². The lowest BCUT2D eigenvalue weighted by Gasteiger charge is -2.11. The summed E-state index contributed by atoms with van der Waals surface area (Å²) in [4.78, 5) is 11.0. The summed E-state index contributed by atoms with van der Waals surface area (Å²) in [6, 6.07) is 0. The maximum absolute atomic E-state index is 11.0. The largest absolute Gasteiger partial charge is 0.464 e. The van der Waals surface area contributed by atoms with E-state index in [2.05, 4.69) is 0 Å². The molecule has 0 rings (SSSR count). The normalized spacial score (nSPS) is 12.6. The maximum Gasteiger partial charge on any atom is 0.335 e. The van der Waals surface area contributed by atoms with Crippen molar-refractivity contribution in [2.24, 2.45) is 5.73 Å². The molecule has 0 amide bonds. The molecule has 66 valence electrons. The quantitative estimate of drug-likeness (QED) is 0.572. The Kier molecular flexibility index (Phi) is 5.78. The van der Waals surface area contributed by atoms with Crippen molar-refractivity contribution in [3.05, 3.63) is 0 Å². The van der Waals surface area contributed by atoms with Gasteiger partial charge < -0.3 is 15.2 Å². The van der Waals surface area contributed by atoms with Gasteiger partial charge in [-0.15, -0.1) is 0 Å². The lowest BCUT2D eigenvalue weighted by molar-refractivity contribution is -0.155. The van der Waals surface area contributed by atoms with Crippen molar-refractivity contribution >= 4 is 5.97 Å². The lowest BCUT2D eigenvalue weighted by Crippen LogP contribution is -2.27. The monoisotopic (exact) mass is 161 g/mol. The van der Waals surface area contributed by atoms with Gasteiger partial charge in [-0.2, -0.15) is 0 Å². The number of hydrogen-bond donors (Lipinski definition) is 1. The zero-order valence-electron chi connectivity index (χ0n) is 7.00. The number of carbonyl (C=O) groups is 1. The molecule has 0 saturated heterocycles. The highest BCUT2D eigenvalue weighted by Crippen LogP contribution is 1.98. The van der Waals surface area contributed by atoms with E-state index < -0.39 is 6.10 Å². The molecule has 0 aliphatic rings. The van der Waals surface area contributed by atoms with Crippen LogP contribution >= 0.6 is 0 Å². The van der Waals surface area contributed by atoms with E-state index in [1.54, 1.807) is 6.92 Å². The summed E-state index contributed by atoms with van der Waals surface area (Å²) in [7, 11) is 1.47. The van der Waals surface area contributed by atoms with E-state index >= 15 is 0 Å². The van der Waals surface area contributed by atoms with Crippen LogP contribution in [0.25, 0.3) is 0 Å². The predicted octanol–water partition coefficient (Wildman–Crippen LogP) is -0.0867. The Morgan fingerprint density at radius 2 is 2.27 bits per heavy atom. The first-order valence-electron chi connectivity index (χ1n) is 3.65. The van der Waals surface area contributed by atoms with Crippen molar-refractivity contribution < 1.29 is 14.3 Å². The fourth-order valence-electron chi connectivity index (χ4n) is 0.719. The standard InChI is InChI=1S/C7H15NO3/c1-3-11-7(9)6(10-2)4-5-8/h6H,3-5,8H2,1-2H3/t6-/m0/s1. The molecular formula is C7H15NO3. The van der Waals surface area contributed by atoms with Gasteiger partial charge in [0.15, 0.2) is 6.10 Å². The minimum Gasteiger partial charge on any atom is -0.464 e. The molecule has 0 aromatic heterocycles. The van der Waals surface area contributed by atoms with E-state index in [4.69, 9.17) is 15.2 Å². The third-order valence-corrected chi connectivity index (χ3v) is 1.26. The molecule has 0 aliphatic heterocycles. The Morgan fingerprint density at radius 1 is 1.64 bits per heavy atom.